The molecule has 15 heteroatoms. The minimum atomic E-state index is -0.791. The molecule has 1 rings (SSSR count). The molecule has 0 bridgehead atoms. The van der Waals surface area contributed by atoms with Crippen LogP contribution in [-0.4, -0.2) is 105 Å². The highest BCUT2D eigenvalue weighted by Crippen LogP contribution is 2.26. The minimum absolute atomic E-state index is 0.0285. The van der Waals surface area contributed by atoms with Gasteiger partial charge in [0.1, 0.15) is 12.7 Å². The number of hydrogen-bond donors (Lipinski definition) is 0. The number of esters is 6. The number of unbranched alkanes of at least 4 members (excludes halogenated alkanes) is 20. The summed E-state index contributed by atoms with van der Waals surface area (Å²) in [5.74, 6) is -4.78. The van der Waals surface area contributed by atoms with Gasteiger partial charge in [-0.2, -0.15) is 0 Å². The predicted octanol–water partition coefficient (Wildman–Crippen LogP) is 12.3. The van der Waals surface area contributed by atoms with E-state index in [0.29, 0.717) is 6.42 Å². The van der Waals surface area contributed by atoms with E-state index in [1.54, 1.807) is 0 Å². The maximum atomic E-state index is 13.5. The third-order valence-corrected chi connectivity index (χ3v) is 12.6. The number of nitrogens with zero attached hydrogens (tertiary/aromatic N) is 1. The summed E-state index contributed by atoms with van der Waals surface area (Å²) in [6, 6.07) is -0.709. The Morgan fingerprint density at radius 1 is 0.371 bits per heavy atom. The van der Waals surface area contributed by atoms with Gasteiger partial charge >= 0.3 is 41.9 Å². The summed E-state index contributed by atoms with van der Waals surface area (Å²) in [4.78, 5) is 93.2. The standard InChI is InChI=1S/C55H97NO14/c1-6-11-15-19-23-27-32-64-49(57)36-45(37-50(58)65-33-28-24-20-16-12-7-2)40-53(61)69-44-47-42-48(43-56(47)55(63)68-31-10-5)70-54(62)41-46(38-51(59)66-34-29-25-21-17-13-8-3)39-52(60)67-35-30-26-22-18-14-9-4/h45-48H,6-44H2,1-5H3. The Balaban J connectivity index is 2.97. The van der Waals surface area contributed by atoms with Crippen molar-refractivity contribution in [3.05, 3.63) is 0 Å². The molecule has 70 heavy (non-hydrogen) atoms. The quantitative estimate of drug-likeness (QED) is 0.0318. The molecule has 0 radical (unpaired) electrons. The zero-order valence-electron chi connectivity index (χ0n) is 44.5. The zero-order chi connectivity index (χ0) is 51.5. The van der Waals surface area contributed by atoms with E-state index in [1.165, 1.54) is 30.6 Å². The van der Waals surface area contributed by atoms with Crippen LogP contribution in [0.5, 0.6) is 0 Å². The lowest BCUT2D eigenvalue weighted by atomic mass is 9.97. The molecule has 1 aliphatic heterocycles. The van der Waals surface area contributed by atoms with Crippen LogP contribution < -0.4 is 0 Å². The molecule has 0 spiro atoms. The zero-order valence-corrected chi connectivity index (χ0v) is 44.5. The van der Waals surface area contributed by atoms with Gasteiger partial charge in [0.2, 0.25) is 0 Å². The first-order chi connectivity index (χ1) is 33.9. The Morgan fingerprint density at radius 2 is 0.686 bits per heavy atom. The van der Waals surface area contributed by atoms with Gasteiger partial charge in [0.25, 0.3) is 0 Å². The molecular formula is C55H97NO14. The molecular weight excluding hydrogens is 899 g/mol. The van der Waals surface area contributed by atoms with Gasteiger partial charge < -0.3 is 33.2 Å². The third kappa shape index (κ3) is 35.2. The van der Waals surface area contributed by atoms with Crippen molar-refractivity contribution in [1.29, 1.82) is 0 Å². The van der Waals surface area contributed by atoms with Crippen LogP contribution in [-0.2, 0) is 61.9 Å². The first kappa shape index (κ1) is 64.1. The summed E-state index contributed by atoms with van der Waals surface area (Å²) >= 11 is 0. The molecule has 1 saturated heterocycles. The molecule has 1 amide bonds. The molecule has 1 fully saturated rings. The highest BCUT2D eigenvalue weighted by molar-refractivity contribution is 5.78. The summed E-state index contributed by atoms with van der Waals surface area (Å²) < 4.78 is 38.9. The van der Waals surface area contributed by atoms with E-state index in [4.69, 9.17) is 33.2 Å². The van der Waals surface area contributed by atoms with Crippen molar-refractivity contribution in [2.24, 2.45) is 11.8 Å². The predicted molar refractivity (Wildman–Crippen MR) is 270 cm³/mol. The van der Waals surface area contributed by atoms with Crippen molar-refractivity contribution in [3.8, 4) is 0 Å². The molecule has 2 unspecified atom stereocenters. The topological polar surface area (TPSA) is 187 Å². The van der Waals surface area contributed by atoms with Gasteiger partial charge in [0, 0.05) is 44.9 Å². The second-order valence-electron chi connectivity index (χ2n) is 19.4. The van der Waals surface area contributed by atoms with Crippen LogP contribution in [0.1, 0.15) is 240 Å². The minimum Gasteiger partial charge on any atom is -0.466 e. The Kier molecular flexibility index (Phi) is 40.2. The summed E-state index contributed by atoms with van der Waals surface area (Å²) in [6.07, 6.45) is 22.9. The lowest BCUT2D eigenvalue weighted by Crippen LogP contribution is -2.39. The van der Waals surface area contributed by atoms with E-state index >= 15 is 0 Å². The van der Waals surface area contributed by atoms with E-state index in [-0.39, 0.29) is 91.1 Å². The van der Waals surface area contributed by atoms with Gasteiger partial charge in [-0.3, -0.25) is 33.7 Å². The number of ether oxygens (including phenoxy) is 7. The Labute approximate surface area is 422 Å². The van der Waals surface area contributed by atoms with Crippen molar-refractivity contribution >= 4 is 41.9 Å². The third-order valence-electron chi connectivity index (χ3n) is 12.6. The Morgan fingerprint density at radius 3 is 1.03 bits per heavy atom. The average molecular weight is 996 g/mol. The molecule has 2 atom stereocenters. The molecule has 1 heterocycles. The van der Waals surface area contributed by atoms with Crippen molar-refractivity contribution in [1.82, 2.24) is 4.90 Å². The van der Waals surface area contributed by atoms with Crippen molar-refractivity contribution in [2.75, 3.05) is 46.2 Å². The molecule has 406 valence electrons. The van der Waals surface area contributed by atoms with Gasteiger partial charge in [-0.05, 0) is 43.9 Å². The van der Waals surface area contributed by atoms with Crippen LogP contribution >= 0.6 is 0 Å². The first-order valence-corrected chi connectivity index (χ1v) is 27.9. The summed E-state index contributed by atoms with van der Waals surface area (Å²) in [5.41, 5.74) is 0. The largest absolute Gasteiger partial charge is 0.466 e. The number of carbonyl (C=O) groups is 7. The number of likely N-dealkylation sites (tertiary alicyclic amines) is 1. The van der Waals surface area contributed by atoms with E-state index in [9.17, 15) is 33.6 Å². The lowest BCUT2D eigenvalue weighted by molar-refractivity contribution is -0.154. The Hall–Kier alpha value is -3.91. The van der Waals surface area contributed by atoms with Crippen molar-refractivity contribution < 1.29 is 66.7 Å². The van der Waals surface area contributed by atoms with E-state index in [1.807, 2.05) is 6.92 Å². The molecule has 15 nitrogen and oxygen atoms in total. The molecule has 0 aromatic rings. The number of rotatable bonds is 45. The molecule has 0 saturated carbocycles. The van der Waals surface area contributed by atoms with Crippen LogP contribution in [0.3, 0.4) is 0 Å². The van der Waals surface area contributed by atoms with Crippen molar-refractivity contribution in [2.45, 2.75) is 252 Å². The average Bonchev–Trinajstić information content (AvgIpc) is 3.73. The smallest absolute Gasteiger partial charge is 0.410 e. The van der Waals surface area contributed by atoms with Crippen molar-refractivity contribution in [3.63, 3.8) is 0 Å². The maximum Gasteiger partial charge on any atom is 0.410 e. The monoisotopic (exact) mass is 996 g/mol. The number of carbonyl (C=O) groups excluding carboxylic acids is 7. The van der Waals surface area contributed by atoms with Crippen LogP contribution in [0.25, 0.3) is 0 Å². The maximum absolute atomic E-state index is 13.5. The SMILES string of the molecule is CCCCCCCCOC(=O)CC(CC(=O)OCCCCCCCC)CC(=O)OCC1CC(OC(=O)CC(CC(=O)OCCCCCCCC)CC(=O)OCCCCCCCC)CN1C(=O)OCCC. The molecule has 0 aromatic carbocycles. The summed E-state index contributed by atoms with van der Waals surface area (Å²) in [7, 11) is 0. The summed E-state index contributed by atoms with van der Waals surface area (Å²) in [5, 5.41) is 0. The van der Waals surface area contributed by atoms with Gasteiger partial charge in [0.05, 0.1) is 45.6 Å². The lowest BCUT2D eigenvalue weighted by Gasteiger charge is -2.23. The number of hydrogen-bond acceptors (Lipinski definition) is 14. The second-order valence-corrected chi connectivity index (χ2v) is 19.4. The molecule has 1 aliphatic rings. The van der Waals surface area contributed by atoms with Crippen LogP contribution in [0, 0.1) is 11.8 Å². The van der Waals surface area contributed by atoms with Crippen LogP contribution in [0.15, 0.2) is 0 Å². The molecule has 0 aromatic heterocycles. The fraction of sp³-hybridized carbons (Fsp3) is 0.873. The van der Waals surface area contributed by atoms with Gasteiger partial charge in [0.15, 0.2) is 0 Å². The van der Waals surface area contributed by atoms with E-state index in [0.717, 1.165) is 128 Å². The highest BCUT2D eigenvalue weighted by atomic mass is 16.6. The first-order valence-electron chi connectivity index (χ1n) is 27.9. The fourth-order valence-electron chi connectivity index (χ4n) is 8.45. The molecule has 0 aliphatic carbocycles. The van der Waals surface area contributed by atoms with Gasteiger partial charge in [-0.1, -0.05) is 163 Å². The Bertz CT molecular complexity index is 1340. The van der Waals surface area contributed by atoms with Crippen LogP contribution in [0.4, 0.5) is 4.79 Å². The van der Waals surface area contributed by atoms with Gasteiger partial charge in [-0.15, -0.1) is 0 Å². The number of amides is 1. The molecule has 0 N–H and O–H groups in total. The fourth-order valence-corrected chi connectivity index (χ4v) is 8.45. The van der Waals surface area contributed by atoms with E-state index in [2.05, 4.69) is 27.7 Å². The van der Waals surface area contributed by atoms with Crippen LogP contribution in [0.2, 0.25) is 0 Å². The summed E-state index contributed by atoms with van der Waals surface area (Å²) in [6.45, 7) is 11.4. The van der Waals surface area contributed by atoms with Gasteiger partial charge in [-0.25, -0.2) is 4.79 Å². The highest BCUT2D eigenvalue weighted by Gasteiger charge is 2.39. The van der Waals surface area contributed by atoms with E-state index < -0.39 is 65.9 Å². The normalized spacial score (nSPS) is 14.4. The second kappa shape index (κ2) is 43.8.